The Morgan fingerprint density at radius 3 is 2.46 bits per heavy atom. The molecule has 0 bridgehead atoms. The van der Waals surface area contributed by atoms with E-state index in [1.54, 1.807) is 36.4 Å². The quantitative estimate of drug-likeness (QED) is 0.514. The van der Waals surface area contributed by atoms with Crippen LogP contribution in [-0.4, -0.2) is 22.4 Å². The molecule has 5 nitrogen and oxygen atoms in total. The van der Waals surface area contributed by atoms with Crippen molar-refractivity contribution in [1.29, 1.82) is 0 Å². The van der Waals surface area contributed by atoms with Crippen molar-refractivity contribution in [3.8, 4) is 11.3 Å². The highest BCUT2D eigenvalue weighted by molar-refractivity contribution is 7.99. The number of anilines is 1. The second-order valence-electron chi connectivity index (χ2n) is 5.47. The number of aromatic nitrogens is 1. The van der Waals surface area contributed by atoms with Crippen molar-refractivity contribution in [3.05, 3.63) is 66.1 Å². The summed E-state index contributed by atoms with van der Waals surface area (Å²) in [6.07, 6.45) is 1.54. The Balaban J connectivity index is 1.54. The Bertz CT molecular complexity index is 921. The number of carbonyl (C=O) groups is 2. The first-order valence-electron chi connectivity index (χ1n) is 7.77. The fourth-order valence-corrected chi connectivity index (χ4v) is 2.79. The molecule has 0 unspecified atom stereocenters. The van der Waals surface area contributed by atoms with Crippen LogP contribution in [0.3, 0.4) is 0 Å². The number of Topliss-reactive ketones (excluding diaryl/α,β-unsaturated/α-hetero) is 1. The summed E-state index contributed by atoms with van der Waals surface area (Å²) in [5, 5.41) is 3.09. The number of amides is 1. The molecule has 0 radical (unpaired) electrons. The summed E-state index contributed by atoms with van der Waals surface area (Å²) in [6, 6.07) is 12.6. The number of oxazole rings is 1. The summed E-state index contributed by atoms with van der Waals surface area (Å²) >= 11 is 1.16. The predicted octanol–water partition coefficient (Wildman–Crippen LogP) is 4.41. The zero-order valence-electron chi connectivity index (χ0n) is 13.9. The third-order valence-electron chi connectivity index (χ3n) is 3.52. The molecule has 0 atom stereocenters. The van der Waals surface area contributed by atoms with Crippen LogP contribution in [0.2, 0.25) is 0 Å². The predicted molar refractivity (Wildman–Crippen MR) is 97.7 cm³/mol. The summed E-state index contributed by atoms with van der Waals surface area (Å²) in [6.45, 7) is 1.49. The molecule has 0 saturated carbocycles. The van der Waals surface area contributed by atoms with E-state index in [-0.39, 0.29) is 23.3 Å². The third kappa shape index (κ3) is 4.58. The lowest BCUT2D eigenvalue weighted by atomic mass is 10.1. The Kier molecular flexibility index (Phi) is 5.48. The molecule has 0 fully saturated rings. The minimum atomic E-state index is -0.323. The summed E-state index contributed by atoms with van der Waals surface area (Å²) in [5.74, 6) is 0.0627. The van der Waals surface area contributed by atoms with Crippen LogP contribution >= 0.6 is 11.8 Å². The number of thioether (sulfide) groups is 1. The van der Waals surface area contributed by atoms with Crippen molar-refractivity contribution in [3.63, 3.8) is 0 Å². The van der Waals surface area contributed by atoms with Crippen molar-refractivity contribution in [2.45, 2.75) is 12.1 Å². The smallest absolute Gasteiger partial charge is 0.256 e. The number of hydrogen-bond acceptors (Lipinski definition) is 5. The molecule has 3 rings (SSSR count). The average molecular weight is 370 g/mol. The molecule has 1 amide bonds. The van der Waals surface area contributed by atoms with Gasteiger partial charge in [0.05, 0.1) is 11.9 Å². The average Bonchev–Trinajstić information content (AvgIpc) is 3.10. The van der Waals surface area contributed by atoms with Crippen molar-refractivity contribution >= 4 is 29.1 Å². The van der Waals surface area contributed by atoms with Gasteiger partial charge in [-0.15, -0.1) is 0 Å². The Labute approximate surface area is 153 Å². The summed E-state index contributed by atoms with van der Waals surface area (Å²) < 4.78 is 18.5. The molecule has 26 heavy (non-hydrogen) atoms. The van der Waals surface area contributed by atoms with Gasteiger partial charge in [0.2, 0.25) is 5.91 Å². The molecular weight excluding hydrogens is 355 g/mol. The monoisotopic (exact) mass is 370 g/mol. The lowest BCUT2D eigenvalue weighted by molar-refractivity contribution is -0.113. The van der Waals surface area contributed by atoms with Crippen molar-refractivity contribution in [2.24, 2.45) is 0 Å². The molecular formula is C19H15FN2O3S. The Morgan fingerprint density at radius 1 is 1.12 bits per heavy atom. The Morgan fingerprint density at radius 2 is 1.81 bits per heavy atom. The molecule has 0 saturated heterocycles. The van der Waals surface area contributed by atoms with Crippen LogP contribution in [0.4, 0.5) is 10.1 Å². The van der Waals surface area contributed by atoms with Gasteiger partial charge in [-0.25, -0.2) is 9.37 Å². The molecule has 3 aromatic rings. The van der Waals surface area contributed by atoms with Crippen molar-refractivity contribution < 1.29 is 18.4 Å². The van der Waals surface area contributed by atoms with Crippen molar-refractivity contribution in [1.82, 2.24) is 4.98 Å². The molecule has 0 aliphatic heterocycles. The van der Waals surface area contributed by atoms with E-state index in [1.165, 1.54) is 25.3 Å². The summed E-state index contributed by atoms with van der Waals surface area (Å²) in [7, 11) is 0. The molecule has 7 heteroatoms. The van der Waals surface area contributed by atoms with Crippen LogP contribution in [0.15, 0.2) is 64.4 Å². The first-order chi connectivity index (χ1) is 12.5. The fourth-order valence-electron chi connectivity index (χ4n) is 2.19. The highest BCUT2D eigenvalue weighted by Gasteiger charge is 2.10. The zero-order chi connectivity index (χ0) is 18.5. The maximum absolute atomic E-state index is 12.9. The maximum Gasteiger partial charge on any atom is 0.256 e. The first kappa shape index (κ1) is 17.9. The van der Waals surface area contributed by atoms with Crippen LogP contribution in [0.25, 0.3) is 11.3 Å². The highest BCUT2D eigenvalue weighted by Crippen LogP contribution is 2.25. The largest absolute Gasteiger partial charge is 0.431 e. The number of nitrogens with zero attached hydrogens (tertiary/aromatic N) is 1. The first-order valence-corrected chi connectivity index (χ1v) is 8.75. The van der Waals surface area contributed by atoms with E-state index in [9.17, 15) is 14.0 Å². The molecule has 1 N–H and O–H groups in total. The van der Waals surface area contributed by atoms with Crippen LogP contribution in [0.1, 0.15) is 17.3 Å². The van der Waals surface area contributed by atoms with E-state index in [4.69, 9.17) is 4.42 Å². The van der Waals surface area contributed by atoms with Gasteiger partial charge in [0.15, 0.2) is 11.5 Å². The third-order valence-corrected chi connectivity index (χ3v) is 4.36. The van der Waals surface area contributed by atoms with Gasteiger partial charge in [0.25, 0.3) is 5.22 Å². The van der Waals surface area contributed by atoms with Gasteiger partial charge in [-0.2, -0.15) is 0 Å². The van der Waals surface area contributed by atoms with Gasteiger partial charge < -0.3 is 9.73 Å². The van der Waals surface area contributed by atoms with Gasteiger partial charge in [0, 0.05) is 16.8 Å². The topological polar surface area (TPSA) is 72.2 Å². The zero-order valence-corrected chi connectivity index (χ0v) is 14.7. The van der Waals surface area contributed by atoms with E-state index in [0.717, 1.165) is 11.8 Å². The van der Waals surface area contributed by atoms with Crippen molar-refractivity contribution in [2.75, 3.05) is 11.1 Å². The summed E-state index contributed by atoms with van der Waals surface area (Å²) in [5.41, 5.74) is 1.91. The molecule has 0 spiro atoms. The van der Waals surface area contributed by atoms with E-state index in [2.05, 4.69) is 10.3 Å². The second-order valence-corrected chi connectivity index (χ2v) is 6.39. The highest BCUT2D eigenvalue weighted by atomic mass is 32.2. The SMILES string of the molecule is CC(=O)c1ccc(NC(=O)CSc2ncc(-c3ccc(F)cc3)o2)cc1. The molecule has 132 valence electrons. The van der Waals surface area contributed by atoms with Crippen LogP contribution in [0.5, 0.6) is 0 Å². The fraction of sp³-hybridized carbons (Fsp3) is 0.105. The number of nitrogens with one attached hydrogen (secondary N) is 1. The number of halogens is 1. The lowest BCUT2D eigenvalue weighted by Crippen LogP contribution is -2.14. The van der Waals surface area contributed by atoms with Gasteiger partial charge in [-0.3, -0.25) is 9.59 Å². The van der Waals surface area contributed by atoms with E-state index in [1.807, 2.05) is 0 Å². The Hall–Kier alpha value is -2.93. The number of rotatable bonds is 6. The maximum atomic E-state index is 12.9. The van der Waals surface area contributed by atoms with Crippen LogP contribution in [-0.2, 0) is 4.79 Å². The normalized spacial score (nSPS) is 10.5. The summed E-state index contributed by atoms with van der Waals surface area (Å²) in [4.78, 5) is 27.4. The number of benzene rings is 2. The molecule has 0 aliphatic rings. The molecule has 1 aromatic heterocycles. The van der Waals surface area contributed by atoms with E-state index < -0.39 is 0 Å². The second kappa shape index (κ2) is 7.97. The van der Waals surface area contributed by atoms with Gasteiger partial charge >= 0.3 is 0 Å². The number of carbonyl (C=O) groups excluding carboxylic acids is 2. The molecule has 1 heterocycles. The van der Waals surface area contributed by atoms with Crippen LogP contribution in [0, 0.1) is 5.82 Å². The minimum Gasteiger partial charge on any atom is -0.431 e. The van der Waals surface area contributed by atoms with Crippen LogP contribution < -0.4 is 5.32 Å². The standard InChI is InChI=1S/C19H15FN2O3S/c1-12(23)13-4-8-16(9-5-13)22-18(24)11-26-19-21-10-17(25-19)14-2-6-15(20)7-3-14/h2-10H,11H2,1H3,(H,22,24). The lowest BCUT2D eigenvalue weighted by Gasteiger charge is -2.04. The number of ketones is 1. The van der Waals surface area contributed by atoms with Gasteiger partial charge in [0.1, 0.15) is 5.82 Å². The van der Waals surface area contributed by atoms with Gasteiger partial charge in [-0.1, -0.05) is 11.8 Å². The van der Waals surface area contributed by atoms with Gasteiger partial charge in [-0.05, 0) is 55.5 Å². The molecule has 2 aromatic carbocycles. The number of hydrogen-bond donors (Lipinski definition) is 1. The van der Waals surface area contributed by atoms with E-state index >= 15 is 0 Å². The minimum absolute atomic E-state index is 0.0284. The molecule has 0 aliphatic carbocycles. The van der Waals surface area contributed by atoms with E-state index in [0.29, 0.717) is 27.8 Å².